The first kappa shape index (κ1) is 23.2. The van der Waals surface area contributed by atoms with Gasteiger partial charge in [0.15, 0.2) is 0 Å². The van der Waals surface area contributed by atoms with Gasteiger partial charge in [-0.2, -0.15) is 0 Å². The molecule has 3 aromatic carbocycles. The van der Waals surface area contributed by atoms with Crippen molar-refractivity contribution in [1.82, 2.24) is 30.2 Å². The number of imidazole rings is 2. The van der Waals surface area contributed by atoms with Crippen molar-refractivity contribution in [3.63, 3.8) is 0 Å². The summed E-state index contributed by atoms with van der Waals surface area (Å²) in [4.78, 5) is 33.0. The smallest absolute Gasteiger partial charge is 0.251 e. The number of rotatable bonds is 6. The van der Waals surface area contributed by atoms with Gasteiger partial charge in [-0.1, -0.05) is 18.2 Å². The number of hydrogen-bond acceptors (Lipinski definition) is 6. The number of fused-ring (bicyclic) bond motifs is 2. The Bertz CT molecular complexity index is 1770. The lowest BCUT2D eigenvalue weighted by molar-refractivity contribution is 0.0938. The molecule has 0 aliphatic rings. The third-order valence-electron chi connectivity index (χ3n) is 6.44. The maximum atomic E-state index is 13.0. The number of methoxy groups -OCH3 is 1. The van der Waals surface area contributed by atoms with Crippen LogP contribution in [0.4, 0.5) is 0 Å². The number of ether oxygens (including phenoxy) is 1. The molecule has 6 aromatic rings. The molecule has 9 nitrogen and oxygen atoms in total. The molecular weight excluding hydrogens is 480 g/mol. The van der Waals surface area contributed by atoms with Gasteiger partial charge in [0.25, 0.3) is 5.91 Å². The number of carbonyl (C=O) groups is 1. The average Bonchev–Trinajstić information content (AvgIpc) is 3.57. The summed E-state index contributed by atoms with van der Waals surface area (Å²) in [6.07, 6.45) is 1.66. The second kappa shape index (κ2) is 9.36. The summed E-state index contributed by atoms with van der Waals surface area (Å²) in [7, 11) is 1.57. The second-order valence-corrected chi connectivity index (χ2v) is 8.94. The van der Waals surface area contributed by atoms with E-state index in [2.05, 4.69) is 30.2 Å². The van der Waals surface area contributed by atoms with Crippen LogP contribution in [0.2, 0.25) is 0 Å². The highest BCUT2D eigenvalue weighted by molar-refractivity contribution is 5.98. The number of nitrogens with one attached hydrogen (secondary N) is 3. The van der Waals surface area contributed by atoms with Crippen LogP contribution in [0.15, 0.2) is 79.0 Å². The predicted molar refractivity (Wildman–Crippen MR) is 145 cm³/mol. The maximum absolute atomic E-state index is 13.0. The fraction of sp³-hybridized carbons (Fsp3) is 0.103. The van der Waals surface area contributed by atoms with Gasteiger partial charge in [-0.05, 0) is 67.1 Å². The number of nitrogens with zero attached hydrogens (tertiary/aromatic N) is 3. The summed E-state index contributed by atoms with van der Waals surface area (Å²) in [6.45, 7) is 1.88. The van der Waals surface area contributed by atoms with Crippen molar-refractivity contribution in [2.45, 2.75) is 13.0 Å². The van der Waals surface area contributed by atoms with Crippen LogP contribution < -0.4 is 10.1 Å². The molecule has 3 aromatic heterocycles. The van der Waals surface area contributed by atoms with Gasteiger partial charge >= 0.3 is 0 Å². The van der Waals surface area contributed by atoms with Crippen molar-refractivity contribution in [3.05, 3.63) is 90.4 Å². The number of hydrogen-bond donors (Lipinski definition) is 4. The largest absolute Gasteiger partial charge is 0.507 e. The van der Waals surface area contributed by atoms with Crippen LogP contribution in [-0.4, -0.2) is 43.0 Å². The van der Waals surface area contributed by atoms with Crippen molar-refractivity contribution < 1.29 is 14.6 Å². The Hall–Kier alpha value is -5.18. The summed E-state index contributed by atoms with van der Waals surface area (Å²) >= 11 is 0. The Morgan fingerprint density at radius 1 is 0.921 bits per heavy atom. The molecule has 0 fully saturated rings. The zero-order valence-corrected chi connectivity index (χ0v) is 20.7. The lowest BCUT2D eigenvalue weighted by atomic mass is 10.0. The van der Waals surface area contributed by atoms with E-state index in [0.29, 0.717) is 34.2 Å². The van der Waals surface area contributed by atoms with E-state index >= 15 is 0 Å². The number of aromatic amines is 2. The molecule has 188 valence electrons. The minimum Gasteiger partial charge on any atom is -0.507 e. The van der Waals surface area contributed by atoms with Crippen LogP contribution in [0.3, 0.4) is 0 Å². The lowest BCUT2D eigenvalue weighted by Crippen LogP contribution is -2.27. The SMILES string of the molecule is COc1ncccc1-c1ccc(O)c(-c2nc3cc(C(=O)NC(C)c4nc5ccccc5[nH]4)ccc3[nH]2)c1. The Morgan fingerprint density at radius 2 is 1.76 bits per heavy atom. The zero-order valence-electron chi connectivity index (χ0n) is 20.7. The molecule has 1 unspecified atom stereocenters. The Morgan fingerprint density at radius 3 is 2.61 bits per heavy atom. The zero-order chi connectivity index (χ0) is 26.2. The first-order valence-corrected chi connectivity index (χ1v) is 12.1. The normalized spacial score (nSPS) is 12.1. The van der Waals surface area contributed by atoms with Crippen molar-refractivity contribution in [2.75, 3.05) is 7.11 Å². The minimum atomic E-state index is -0.315. The van der Waals surface area contributed by atoms with Crippen LogP contribution in [0.1, 0.15) is 29.1 Å². The Labute approximate surface area is 217 Å². The molecule has 3 heterocycles. The molecule has 0 aliphatic carbocycles. The summed E-state index contributed by atoms with van der Waals surface area (Å²) in [5, 5.41) is 13.6. The molecule has 0 radical (unpaired) electrons. The van der Waals surface area contributed by atoms with Gasteiger partial charge in [-0.25, -0.2) is 15.0 Å². The molecule has 1 atom stereocenters. The van der Waals surface area contributed by atoms with E-state index in [1.807, 2.05) is 49.4 Å². The molecule has 4 N–H and O–H groups in total. The van der Waals surface area contributed by atoms with Crippen LogP contribution >= 0.6 is 0 Å². The number of carbonyl (C=O) groups excluding carboxylic acids is 1. The fourth-order valence-corrected chi connectivity index (χ4v) is 4.47. The monoisotopic (exact) mass is 504 g/mol. The van der Waals surface area contributed by atoms with E-state index in [9.17, 15) is 9.90 Å². The van der Waals surface area contributed by atoms with Gasteiger partial charge in [0, 0.05) is 17.3 Å². The predicted octanol–water partition coefficient (Wildman–Crippen LogP) is 5.37. The topological polar surface area (TPSA) is 129 Å². The van der Waals surface area contributed by atoms with E-state index < -0.39 is 0 Å². The highest BCUT2D eigenvalue weighted by atomic mass is 16.5. The summed E-state index contributed by atoms with van der Waals surface area (Å²) < 4.78 is 5.39. The maximum Gasteiger partial charge on any atom is 0.251 e. The first-order chi connectivity index (χ1) is 18.5. The molecule has 0 saturated heterocycles. The number of aromatic hydroxyl groups is 1. The molecule has 0 bridgehead atoms. The lowest BCUT2D eigenvalue weighted by Gasteiger charge is -2.11. The molecule has 38 heavy (non-hydrogen) atoms. The van der Waals surface area contributed by atoms with E-state index in [0.717, 1.165) is 27.7 Å². The Balaban J connectivity index is 1.28. The van der Waals surface area contributed by atoms with Gasteiger partial charge in [0.2, 0.25) is 5.88 Å². The number of phenols is 1. The van der Waals surface area contributed by atoms with Gasteiger partial charge in [0.05, 0.1) is 40.8 Å². The van der Waals surface area contributed by atoms with E-state index in [1.165, 1.54) is 0 Å². The molecule has 6 rings (SSSR count). The van der Waals surface area contributed by atoms with Gasteiger partial charge < -0.3 is 25.1 Å². The number of pyridine rings is 1. The highest BCUT2D eigenvalue weighted by Crippen LogP contribution is 2.35. The van der Waals surface area contributed by atoms with Crippen LogP contribution in [-0.2, 0) is 0 Å². The number of amides is 1. The van der Waals surface area contributed by atoms with Crippen LogP contribution in [0.5, 0.6) is 11.6 Å². The first-order valence-electron chi connectivity index (χ1n) is 12.1. The van der Waals surface area contributed by atoms with Crippen LogP contribution in [0.25, 0.3) is 44.6 Å². The summed E-state index contributed by atoms with van der Waals surface area (Å²) in [6, 6.07) is 21.7. The highest BCUT2D eigenvalue weighted by Gasteiger charge is 2.17. The molecular formula is C29H24N6O3. The fourth-order valence-electron chi connectivity index (χ4n) is 4.47. The Kier molecular flexibility index (Phi) is 5.72. The third-order valence-corrected chi connectivity index (χ3v) is 6.44. The summed E-state index contributed by atoms with van der Waals surface area (Å²) in [5.74, 6) is 1.49. The van der Waals surface area contributed by atoms with Gasteiger partial charge in [-0.3, -0.25) is 4.79 Å². The van der Waals surface area contributed by atoms with E-state index in [-0.39, 0.29) is 17.7 Å². The van der Waals surface area contributed by atoms with Crippen molar-refractivity contribution in [3.8, 4) is 34.1 Å². The number of benzene rings is 3. The molecule has 0 spiro atoms. The molecule has 0 aliphatic heterocycles. The van der Waals surface area contributed by atoms with Crippen molar-refractivity contribution in [1.29, 1.82) is 0 Å². The van der Waals surface area contributed by atoms with Crippen molar-refractivity contribution in [2.24, 2.45) is 0 Å². The van der Waals surface area contributed by atoms with Gasteiger partial charge in [-0.15, -0.1) is 0 Å². The number of H-pyrrole nitrogens is 2. The average molecular weight is 505 g/mol. The summed E-state index contributed by atoms with van der Waals surface area (Å²) in [5.41, 5.74) is 5.73. The van der Waals surface area contributed by atoms with E-state index in [4.69, 9.17) is 4.74 Å². The molecule has 9 heteroatoms. The minimum absolute atomic E-state index is 0.0771. The quantitative estimate of drug-likeness (QED) is 0.241. The van der Waals surface area contributed by atoms with Crippen molar-refractivity contribution >= 4 is 28.0 Å². The standard InChI is InChI=1S/C29H24N6O3/c1-16(26-32-21-7-3-4-8-22(21)33-26)31-28(37)18-9-11-23-24(15-18)35-27(34-23)20-14-17(10-12-25(20)36)19-6-5-13-30-29(19)38-2/h3-16,36H,1-2H3,(H,31,37)(H,32,33)(H,34,35). The van der Waals surface area contributed by atoms with Crippen LogP contribution in [0, 0.1) is 0 Å². The number of aromatic nitrogens is 5. The molecule has 1 amide bonds. The number of phenolic OH excluding ortho intramolecular Hbond substituents is 1. The number of para-hydroxylation sites is 2. The van der Waals surface area contributed by atoms with E-state index in [1.54, 1.807) is 43.6 Å². The molecule has 0 saturated carbocycles. The third kappa shape index (κ3) is 4.20. The second-order valence-electron chi connectivity index (χ2n) is 8.94. The van der Waals surface area contributed by atoms with Gasteiger partial charge in [0.1, 0.15) is 17.4 Å².